The third-order valence-electron chi connectivity index (χ3n) is 4.59. The highest BCUT2D eigenvalue weighted by Crippen LogP contribution is 2.20. The van der Waals surface area contributed by atoms with Gasteiger partial charge in [-0.05, 0) is 44.8 Å². The fourth-order valence-electron chi connectivity index (χ4n) is 3.39. The summed E-state index contributed by atoms with van der Waals surface area (Å²) in [6.45, 7) is 5.32. The number of nitrogens with one attached hydrogen (secondary N) is 2. The molecule has 3 rings (SSSR count). The number of carbonyl (C=O) groups is 1. The van der Waals surface area contributed by atoms with Crippen molar-refractivity contribution in [1.29, 1.82) is 0 Å². The zero-order chi connectivity index (χ0) is 15.9. The largest absolute Gasteiger partial charge is 0.352 e. The summed E-state index contributed by atoms with van der Waals surface area (Å²) >= 11 is 0. The van der Waals surface area contributed by atoms with Crippen LogP contribution in [0.2, 0.25) is 0 Å². The number of aromatic nitrogens is 2. The van der Waals surface area contributed by atoms with Crippen LogP contribution in [-0.4, -0.2) is 71.1 Å². The van der Waals surface area contributed by atoms with E-state index in [0.29, 0.717) is 25.1 Å². The molecule has 1 unspecified atom stereocenters. The fourth-order valence-corrected chi connectivity index (χ4v) is 3.39. The van der Waals surface area contributed by atoms with Crippen molar-refractivity contribution < 1.29 is 4.79 Å². The van der Waals surface area contributed by atoms with Gasteiger partial charge in [0.2, 0.25) is 5.95 Å². The average molecular weight is 318 g/mol. The van der Waals surface area contributed by atoms with Crippen LogP contribution >= 0.6 is 0 Å². The van der Waals surface area contributed by atoms with Crippen LogP contribution in [0.15, 0.2) is 18.5 Å². The first kappa shape index (κ1) is 16.0. The van der Waals surface area contributed by atoms with Gasteiger partial charge in [0.05, 0.1) is 0 Å². The Balaban J connectivity index is 1.37. The molecule has 2 aliphatic rings. The number of piperidine rings is 1. The Kier molecular flexibility index (Phi) is 5.63. The number of hydrogen-bond donors (Lipinski definition) is 2. The van der Waals surface area contributed by atoms with Crippen LogP contribution in [0.25, 0.3) is 0 Å². The fraction of sp³-hybridized carbons (Fsp3) is 0.688. The third kappa shape index (κ3) is 4.54. The van der Waals surface area contributed by atoms with E-state index in [2.05, 4.69) is 25.5 Å². The second-order valence-corrected chi connectivity index (χ2v) is 6.22. The molecule has 126 valence electrons. The third-order valence-corrected chi connectivity index (χ3v) is 4.59. The van der Waals surface area contributed by atoms with Gasteiger partial charge >= 0.3 is 6.03 Å². The van der Waals surface area contributed by atoms with Gasteiger partial charge in [-0.3, -0.25) is 4.90 Å². The molecule has 7 heteroatoms. The molecule has 0 bridgehead atoms. The van der Waals surface area contributed by atoms with E-state index in [1.807, 2.05) is 4.90 Å². The first-order valence-electron chi connectivity index (χ1n) is 8.60. The molecule has 2 N–H and O–H groups in total. The second kappa shape index (κ2) is 8.10. The zero-order valence-corrected chi connectivity index (χ0v) is 13.6. The lowest BCUT2D eigenvalue weighted by atomic mass is 10.0. The summed E-state index contributed by atoms with van der Waals surface area (Å²) in [4.78, 5) is 25.0. The van der Waals surface area contributed by atoms with E-state index in [9.17, 15) is 4.79 Å². The summed E-state index contributed by atoms with van der Waals surface area (Å²) in [6, 6.07) is 2.37. The molecule has 0 aromatic carbocycles. The maximum atomic E-state index is 12.3. The average Bonchev–Trinajstić information content (AvgIpc) is 3.14. The molecule has 7 nitrogen and oxygen atoms in total. The van der Waals surface area contributed by atoms with Crippen molar-refractivity contribution in [2.24, 2.45) is 0 Å². The standard InChI is InChI=1S/C16H26N6O/c23-16(20-9-8-19-15-17-6-4-7-18-15)22-12-3-5-14(13-22)21-10-1-2-11-21/h4,6-7,14H,1-3,5,8-13H2,(H,20,23)(H,17,18,19). The minimum absolute atomic E-state index is 0.0460. The minimum Gasteiger partial charge on any atom is -0.352 e. The molecule has 2 saturated heterocycles. The normalized spacial score (nSPS) is 22.1. The van der Waals surface area contributed by atoms with E-state index in [1.165, 1.54) is 32.4 Å². The number of amides is 2. The van der Waals surface area contributed by atoms with Crippen molar-refractivity contribution in [3.8, 4) is 0 Å². The molecule has 2 aliphatic heterocycles. The van der Waals surface area contributed by atoms with Crippen molar-refractivity contribution in [2.45, 2.75) is 31.7 Å². The first-order chi connectivity index (χ1) is 11.3. The van der Waals surface area contributed by atoms with Crippen molar-refractivity contribution in [3.05, 3.63) is 18.5 Å². The number of urea groups is 1. The highest BCUT2D eigenvalue weighted by molar-refractivity contribution is 5.74. The molecule has 23 heavy (non-hydrogen) atoms. The highest BCUT2D eigenvalue weighted by Gasteiger charge is 2.28. The molecule has 0 radical (unpaired) electrons. The number of carbonyl (C=O) groups excluding carboxylic acids is 1. The molecule has 0 spiro atoms. The summed E-state index contributed by atoms with van der Waals surface area (Å²) in [7, 11) is 0. The lowest BCUT2D eigenvalue weighted by molar-refractivity contribution is 0.125. The zero-order valence-electron chi connectivity index (χ0n) is 13.6. The van der Waals surface area contributed by atoms with Gasteiger partial charge in [0, 0.05) is 44.6 Å². The Morgan fingerprint density at radius 3 is 2.70 bits per heavy atom. The van der Waals surface area contributed by atoms with Crippen LogP contribution in [0, 0.1) is 0 Å². The van der Waals surface area contributed by atoms with Gasteiger partial charge in [-0.1, -0.05) is 0 Å². The number of likely N-dealkylation sites (tertiary alicyclic amines) is 2. The van der Waals surface area contributed by atoms with E-state index < -0.39 is 0 Å². The van der Waals surface area contributed by atoms with Crippen LogP contribution < -0.4 is 10.6 Å². The summed E-state index contributed by atoms with van der Waals surface area (Å²) in [5.74, 6) is 0.591. The molecule has 1 atom stereocenters. The van der Waals surface area contributed by atoms with Gasteiger partial charge in [-0.25, -0.2) is 14.8 Å². The Hall–Kier alpha value is -1.89. The molecule has 3 heterocycles. The Morgan fingerprint density at radius 2 is 1.91 bits per heavy atom. The molecule has 1 aromatic heterocycles. The molecule has 0 aliphatic carbocycles. The summed E-state index contributed by atoms with van der Waals surface area (Å²) in [5, 5.41) is 6.08. The molecule has 2 amide bonds. The van der Waals surface area contributed by atoms with Crippen LogP contribution in [0.4, 0.5) is 10.7 Å². The summed E-state index contributed by atoms with van der Waals surface area (Å²) < 4.78 is 0. The quantitative estimate of drug-likeness (QED) is 0.797. The number of nitrogens with zero attached hydrogens (tertiary/aromatic N) is 4. The van der Waals surface area contributed by atoms with E-state index in [-0.39, 0.29) is 6.03 Å². The van der Waals surface area contributed by atoms with Gasteiger partial charge in [-0.2, -0.15) is 0 Å². The Bertz CT molecular complexity index is 491. The maximum absolute atomic E-state index is 12.3. The number of hydrogen-bond acceptors (Lipinski definition) is 5. The van der Waals surface area contributed by atoms with E-state index in [4.69, 9.17) is 0 Å². The topological polar surface area (TPSA) is 73.4 Å². The van der Waals surface area contributed by atoms with Crippen LogP contribution in [0.3, 0.4) is 0 Å². The van der Waals surface area contributed by atoms with Crippen molar-refractivity contribution in [1.82, 2.24) is 25.1 Å². The van der Waals surface area contributed by atoms with Crippen molar-refractivity contribution in [3.63, 3.8) is 0 Å². The molecule has 2 fully saturated rings. The van der Waals surface area contributed by atoms with Crippen LogP contribution in [-0.2, 0) is 0 Å². The smallest absolute Gasteiger partial charge is 0.317 e. The Labute approximate surface area is 137 Å². The highest BCUT2D eigenvalue weighted by atomic mass is 16.2. The minimum atomic E-state index is 0.0460. The molecular weight excluding hydrogens is 292 g/mol. The second-order valence-electron chi connectivity index (χ2n) is 6.22. The van der Waals surface area contributed by atoms with Gasteiger partial charge in [0.15, 0.2) is 0 Å². The molecule has 0 saturated carbocycles. The SMILES string of the molecule is O=C(NCCNc1ncccn1)N1CCCC(N2CCCC2)C1. The maximum Gasteiger partial charge on any atom is 0.317 e. The predicted octanol–water partition coefficient (Wildman–Crippen LogP) is 1.16. The van der Waals surface area contributed by atoms with Gasteiger partial charge in [-0.15, -0.1) is 0 Å². The molecule has 1 aromatic rings. The van der Waals surface area contributed by atoms with Crippen LogP contribution in [0.5, 0.6) is 0 Å². The lowest BCUT2D eigenvalue weighted by Crippen LogP contribution is -2.52. The number of rotatable bonds is 5. The summed E-state index contributed by atoms with van der Waals surface area (Å²) in [5.41, 5.74) is 0. The van der Waals surface area contributed by atoms with E-state index in [1.54, 1.807) is 18.5 Å². The van der Waals surface area contributed by atoms with Gasteiger partial charge < -0.3 is 15.5 Å². The van der Waals surface area contributed by atoms with Crippen molar-refractivity contribution >= 4 is 12.0 Å². The van der Waals surface area contributed by atoms with Gasteiger partial charge in [0.25, 0.3) is 0 Å². The van der Waals surface area contributed by atoms with Crippen LogP contribution in [0.1, 0.15) is 25.7 Å². The monoisotopic (exact) mass is 318 g/mol. The first-order valence-corrected chi connectivity index (χ1v) is 8.60. The lowest BCUT2D eigenvalue weighted by Gasteiger charge is -2.37. The predicted molar refractivity (Wildman–Crippen MR) is 89.3 cm³/mol. The van der Waals surface area contributed by atoms with E-state index in [0.717, 1.165) is 19.5 Å². The Morgan fingerprint density at radius 1 is 1.13 bits per heavy atom. The van der Waals surface area contributed by atoms with Gasteiger partial charge in [0.1, 0.15) is 0 Å². The van der Waals surface area contributed by atoms with Crippen molar-refractivity contribution in [2.75, 3.05) is 44.6 Å². The molecular formula is C16H26N6O. The van der Waals surface area contributed by atoms with E-state index >= 15 is 0 Å². The number of anilines is 1. The summed E-state index contributed by atoms with van der Waals surface area (Å²) in [6.07, 6.45) is 8.31.